The standard InChI is InChI=1S/C24H20N6O3S/c1-2-33-21-5-3-4-6-22(21)34(31,32)29-19-9-7-17(8-10-19)20-11-12-23-26-27-24(30(23)28-20)18-13-15-25-16-14-18/h3-16,29H,2H2,1H3. The Kier molecular flexibility index (Phi) is 5.64. The van der Waals surface area contributed by atoms with Crippen LogP contribution in [0.5, 0.6) is 5.75 Å². The Morgan fingerprint density at radius 3 is 2.41 bits per heavy atom. The van der Waals surface area contributed by atoms with E-state index >= 15 is 0 Å². The zero-order valence-corrected chi connectivity index (χ0v) is 19.0. The van der Waals surface area contributed by atoms with Gasteiger partial charge in [-0.25, -0.2) is 8.42 Å². The molecule has 0 bridgehead atoms. The lowest BCUT2D eigenvalue weighted by Gasteiger charge is -2.12. The van der Waals surface area contributed by atoms with Crippen LogP contribution >= 0.6 is 0 Å². The number of para-hydroxylation sites is 1. The summed E-state index contributed by atoms with van der Waals surface area (Å²) in [5.41, 5.74) is 3.41. The third kappa shape index (κ3) is 4.18. The van der Waals surface area contributed by atoms with Gasteiger partial charge in [0.25, 0.3) is 10.0 Å². The molecule has 0 saturated carbocycles. The van der Waals surface area contributed by atoms with Gasteiger partial charge in [-0.3, -0.25) is 9.71 Å². The van der Waals surface area contributed by atoms with E-state index in [1.807, 2.05) is 24.3 Å². The second-order valence-electron chi connectivity index (χ2n) is 7.31. The van der Waals surface area contributed by atoms with Crippen LogP contribution in [0.15, 0.2) is 90.1 Å². The summed E-state index contributed by atoms with van der Waals surface area (Å²) in [5, 5.41) is 13.1. The molecule has 0 atom stereocenters. The highest BCUT2D eigenvalue weighted by molar-refractivity contribution is 7.92. The maximum absolute atomic E-state index is 12.9. The number of pyridine rings is 1. The van der Waals surface area contributed by atoms with E-state index in [1.54, 1.807) is 66.3 Å². The minimum Gasteiger partial charge on any atom is -0.492 e. The summed E-state index contributed by atoms with van der Waals surface area (Å²) in [7, 11) is -3.82. The van der Waals surface area contributed by atoms with Crippen molar-refractivity contribution < 1.29 is 13.2 Å². The molecule has 0 unspecified atom stereocenters. The zero-order valence-electron chi connectivity index (χ0n) is 18.2. The number of benzene rings is 2. The van der Waals surface area contributed by atoms with E-state index in [-0.39, 0.29) is 4.90 Å². The van der Waals surface area contributed by atoms with E-state index in [2.05, 4.69) is 25.0 Å². The van der Waals surface area contributed by atoms with E-state index in [0.717, 1.165) is 11.1 Å². The fraction of sp³-hybridized carbons (Fsp3) is 0.0833. The molecule has 2 aromatic carbocycles. The third-order valence-corrected chi connectivity index (χ3v) is 6.49. The average Bonchev–Trinajstić information content (AvgIpc) is 3.29. The first kappa shape index (κ1) is 21.5. The predicted molar refractivity (Wildman–Crippen MR) is 128 cm³/mol. The molecule has 3 heterocycles. The largest absolute Gasteiger partial charge is 0.492 e. The maximum Gasteiger partial charge on any atom is 0.265 e. The number of hydrogen-bond donors (Lipinski definition) is 1. The van der Waals surface area contributed by atoms with Crippen molar-refractivity contribution >= 4 is 21.4 Å². The van der Waals surface area contributed by atoms with Crippen molar-refractivity contribution in [2.45, 2.75) is 11.8 Å². The van der Waals surface area contributed by atoms with Gasteiger partial charge in [0, 0.05) is 29.2 Å². The van der Waals surface area contributed by atoms with Gasteiger partial charge in [-0.15, -0.1) is 10.2 Å². The van der Waals surface area contributed by atoms with Crippen LogP contribution in [0.4, 0.5) is 5.69 Å². The first-order valence-electron chi connectivity index (χ1n) is 10.5. The summed E-state index contributed by atoms with van der Waals surface area (Å²) in [6.07, 6.45) is 3.37. The first-order chi connectivity index (χ1) is 16.5. The molecule has 3 aromatic heterocycles. The predicted octanol–water partition coefficient (Wildman–Crippen LogP) is 4.05. The van der Waals surface area contributed by atoms with Gasteiger partial charge in [-0.1, -0.05) is 24.3 Å². The van der Waals surface area contributed by atoms with Crippen molar-refractivity contribution in [2.75, 3.05) is 11.3 Å². The molecule has 5 aromatic rings. The molecule has 10 heteroatoms. The topological polar surface area (TPSA) is 111 Å². The number of hydrogen-bond acceptors (Lipinski definition) is 7. The van der Waals surface area contributed by atoms with Gasteiger partial charge in [0.05, 0.1) is 12.3 Å². The summed E-state index contributed by atoms with van der Waals surface area (Å²) in [4.78, 5) is 4.12. The van der Waals surface area contributed by atoms with Gasteiger partial charge in [0.2, 0.25) is 0 Å². The number of nitrogens with one attached hydrogen (secondary N) is 1. The third-order valence-electron chi connectivity index (χ3n) is 5.07. The summed E-state index contributed by atoms with van der Waals surface area (Å²) in [6, 6.07) is 20.9. The van der Waals surface area contributed by atoms with Gasteiger partial charge < -0.3 is 4.74 Å². The lowest BCUT2D eigenvalue weighted by atomic mass is 10.1. The van der Waals surface area contributed by atoms with Crippen LogP contribution < -0.4 is 9.46 Å². The summed E-state index contributed by atoms with van der Waals surface area (Å²) in [6.45, 7) is 2.18. The maximum atomic E-state index is 12.9. The molecule has 0 spiro atoms. The van der Waals surface area contributed by atoms with Gasteiger partial charge in [0.15, 0.2) is 11.5 Å². The van der Waals surface area contributed by atoms with Crippen molar-refractivity contribution in [3.05, 3.63) is 85.2 Å². The van der Waals surface area contributed by atoms with Gasteiger partial charge in [0.1, 0.15) is 10.6 Å². The molecule has 170 valence electrons. The van der Waals surface area contributed by atoms with Crippen LogP contribution in [0.3, 0.4) is 0 Å². The highest BCUT2D eigenvalue weighted by Crippen LogP contribution is 2.27. The normalized spacial score (nSPS) is 11.4. The monoisotopic (exact) mass is 472 g/mol. The van der Waals surface area contributed by atoms with Crippen LogP contribution in [0.2, 0.25) is 0 Å². The number of anilines is 1. The minimum atomic E-state index is -3.82. The highest BCUT2D eigenvalue weighted by atomic mass is 32.2. The number of fused-ring (bicyclic) bond motifs is 1. The Labute approximate surface area is 196 Å². The Morgan fingerprint density at radius 2 is 1.65 bits per heavy atom. The smallest absolute Gasteiger partial charge is 0.265 e. The lowest BCUT2D eigenvalue weighted by Crippen LogP contribution is -2.14. The van der Waals surface area contributed by atoms with Crippen molar-refractivity contribution in [3.63, 3.8) is 0 Å². The number of aromatic nitrogens is 5. The quantitative estimate of drug-likeness (QED) is 0.380. The second kappa shape index (κ2) is 8.91. The number of ether oxygens (including phenoxy) is 1. The Morgan fingerprint density at radius 1 is 0.882 bits per heavy atom. The first-order valence-corrected chi connectivity index (χ1v) is 12.0. The fourth-order valence-electron chi connectivity index (χ4n) is 3.49. The fourth-order valence-corrected chi connectivity index (χ4v) is 4.70. The molecule has 0 radical (unpaired) electrons. The van der Waals surface area contributed by atoms with Crippen molar-refractivity contribution in [2.24, 2.45) is 0 Å². The van der Waals surface area contributed by atoms with E-state index in [4.69, 9.17) is 4.74 Å². The Balaban J connectivity index is 1.42. The summed E-state index contributed by atoms with van der Waals surface area (Å²) in [5.74, 6) is 0.919. The van der Waals surface area contributed by atoms with Gasteiger partial charge >= 0.3 is 0 Å². The molecular weight excluding hydrogens is 452 g/mol. The summed E-state index contributed by atoms with van der Waals surface area (Å²) >= 11 is 0. The zero-order chi connectivity index (χ0) is 23.5. The molecule has 9 nitrogen and oxygen atoms in total. The van der Waals surface area contributed by atoms with Gasteiger partial charge in [-0.2, -0.15) is 9.61 Å². The van der Waals surface area contributed by atoms with Crippen LogP contribution in [-0.2, 0) is 10.0 Å². The molecule has 0 fully saturated rings. The van der Waals surface area contributed by atoms with E-state index in [0.29, 0.717) is 35.2 Å². The van der Waals surface area contributed by atoms with Crippen LogP contribution in [0, 0.1) is 0 Å². The summed E-state index contributed by atoms with van der Waals surface area (Å²) < 4.78 is 35.6. The van der Waals surface area contributed by atoms with Crippen molar-refractivity contribution in [3.8, 4) is 28.4 Å². The molecule has 0 saturated heterocycles. The Hall–Kier alpha value is -4.31. The molecule has 0 aliphatic heterocycles. The lowest BCUT2D eigenvalue weighted by molar-refractivity contribution is 0.331. The molecule has 5 rings (SSSR count). The van der Waals surface area contributed by atoms with Crippen LogP contribution in [0.1, 0.15) is 6.92 Å². The molecule has 34 heavy (non-hydrogen) atoms. The van der Waals surface area contributed by atoms with Crippen molar-refractivity contribution in [1.29, 1.82) is 0 Å². The van der Waals surface area contributed by atoms with Crippen molar-refractivity contribution in [1.82, 2.24) is 24.8 Å². The number of nitrogens with zero attached hydrogens (tertiary/aromatic N) is 5. The SMILES string of the molecule is CCOc1ccccc1S(=O)(=O)Nc1ccc(-c2ccc3nnc(-c4ccncc4)n3n2)cc1. The minimum absolute atomic E-state index is 0.0873. The Bertz CT molecular complexity index is 1550. The van der Waals surface area contributed by atoms with E-state index < -0.39 is 10.0 Å². The highest BCUT2D eigenvalue weighted by Gasteiger charge is 2.19. The molecule has 1 N–H and O–H groups in total. The second-order valence-corrected chi connectivity index (χ2v) is 8.96. The molecule has 0 aliphatic carbocycles. The van der Waals surface area contributed by atoms with Gasteiger partial charge in [-0.05, 0) is 55.5 Å². The van der Waals surface area contributed by atoms with E-state index in [1.165, 1.54) is 6.07 Å². The van der Waals surface area contributed by atoms with E-state index in [9.17, 15) is 8.42 Å². The molecule has 0 aliphatic rings. The van der Waals surface area contributed by atoms with Crippen LogP contribution in [0.25, 0.3) is 28.3 Å². The molecular formula is C24H20N6O3S. The molecule has 0 amide bonds. The number of sulfonamides is 1. The average molecular weight is 473 g/mol. The van der Waals surface area contributed by atoms with Crippen LogP contribution in [-0.4, -0.2) is 39.8 Å². The number of rotatable bonds is 7.